The smallest absolute Gasteiger partial charge is 0.119 e. The van der Waals surface area contributed by atoms with Crippen LogP contribution in [0.15, 0.2) is 24.3 Å². The summed E-state index contributed by atoms with van der Waals surface area (Å²) >= 11 is 0. The molecule has 0 aromatic heterocycles. The summed E-state index contributed by atoms with van der Waals surface area (Å²) in [6.07, 6.45) is 12.7. The highest BCUT2D eigenvalue weighted by atomic mass is 16.5. The van der Waals surface area contributed by atoms with Gasteiger partial charge in [-0.3, -0.25) is 0 Å². The molecule has 0 amide bonds. The molecule has 2 nitrogen and oxygen atoms in total. The van der Waals surface area contributed by atoms with Crippen molar-refractivity contribution in [3.8, 4) is 5.75 Å². The maximum absolute atomic E-state index is 5.98. The fourth-order valence-corrected chi connectivity index (χ4v) is 2.59. The molecule has 22 heavy (non-hydrogen) atoms. The third kappa shape index (κ3) is 9.09. The van der Waals surface area contributed by atoms with Crippen molar-refractivity contribution in [2.45, 2.75) is 84.1 Å². The van der Waals surface area contributed by atoms with Crippen molar-refractivity contribution >= 4 is 0 Å². The molecule has 0 saturated carbocycles. The number of hydrogen-bond acceptors (Lipinski definition) is 2. The maximum atomic E-state index is 5.98. The zero-order chi connectivity index (χ0) is 16.0. The lowest BCUT2D eigenvalue weighted by Crippen LogP contribution is -2.21. The molecule has 0 aliphatic carbocycles. The van der Waals surface area contributed by atoms with Gasteiger partial charge < -0.3 is 10.5 Å². The van der Waals surface area contributed by atoms with E-state index < -0.39 is 0 Å². The topological polar surface area (TPSA) is 35.2 Å². The van der Waals surface area contributed by atoms with Crippen LogP contribution in [0.2, 0.25) is 0 Å². The Labute approximate surface area is 137 Å². The molecular weight excluding hydrogens is 270 g/mol. The molecule has 2 heteroatoms. The zero-order valence-corrected chi connectivity index (χ0v) is 14.7. The van der Waals surface area contributed by atoms with Crippen LogP contribution in [0.1, 0.15) is 77.2 Å². The summed E-state index contributed by atoms with van der Waals surface area (Å²) in [5.74, 6) is 0.983. The van der Waals surface area contributed by atoms with Crippen molar-refractivity contribution in [2.75, 3.05) is 6.61 Å². The van der Waals surface area contributed by atoms with E-state index >= 15 is 0 Å². The fraction of sp³-hybridized carbons (Fsp3) is 0.700. The van der Waals surface area contributed by atoms with E-state index in [1.807, 2.05) is 0 Å². The normalized spacial score (nSPS) is 12.3. The minimum absolute atomic E-state index is 0.268. The van der Waals surface area contributed by atoms with E-state index in [2.05, 4.69) is 38.1 Å². The Bertz CT molecular complexity index is 360. The molecule has 0 fully saturated rings. The van der Waals surface area contributed by atoms with Gasteiger partial charge in [-0.05, 0) is 37.0 Å². The largest absolute Gasteiger partial charge is 0.494 e. The van der Waals surface area contributed by atoms with E-state index in [0.717, 1.165) is 31.6 Å². The zero-order valence-electron chi connectivity index (χ0n) is 14.7. The second-order valence-corrected chi connectivity index (χ2v) is 6.34. The number of unbranched alkanes of at least 4 members (excludes halogenated alkanes) is 7. The Morgan fingerprint density at radius 1 is 0.864 bits per heavy atom. The number of nitrogens with two attached hydrogens (primary N) is 1. The monoisotopic (exact) mass is 305 g/mol. The molecule has 0 bridgehead atoms. The lowest BCUT2D eigenvalue weighted by atomic mass is 10.0. The van der Waals surface area contributed by atoms with E-state index in [9.17, 15) is 0 Å². The van der Waals surface area contributed by atoms with Crippen molar-refractivity contribution in [1.29, 1.82) is 0 Å². The summed E-state index contributed by atoms with van der Waals surface area (Å²) in [6, 6.07) is 8.69. The van der Waals surface area contributed by atoms with Crippen molar-refractivity contribution in [3.63, 3.8) is 0 Å². The second-order valence-electron chi connectivity index (χ2n) is 6.34. The second kappa shape index (κ2) is 12.5. The number of benzene rings is 1. The molecule has 0 aliphatic rings. The predicted molar refractivity (Wildman–Crippen MR) is 96.5 cm³/mol. The third-order valence-electron chi connectivity index (χ3n) is 4.21. The van der Waals surface area contributed by atoms with Crippen LogP contribution in [-0.2, 0) is 6.42 Å². The quantitative estimate of drug-likeness (QED) is 0.489. The van der Waals surface area contributed by atoms with Crippen LogP contribution in [0.5, 0.6) is 5.75 Å². The van der Waals surface area contributed by atoms with Gasteiger partial charge in [0.15, 0.2) is 0 Å². The Morgan fingerprint density at radius 2 is 1.45 bits per heavy atom. The molecule has 126 valence electrons. The van der Waals surface area contributed by atoms with Crippen LogP contribution >= 0.6 is 0 Å². The van der Waals surface area contributed by atoms with Gasteiger partial charge in [-0.15, -0.1) is 0 Å². The standard InChI is InChI=1S/C20H35NO/c1-3-5-6-7-8-9-10-11-16-22-20-14-12-18(13-15-20)17-19(21)4-2/h12-15,19H,3-11,16-17,21H2,1-2H3. The first-order valence-corrected chi connectivity index (χ1v) is 9.23. The molecule has 1 atom stereocenters. The summed E-state index contributed by atoms with van der Waals surface area (Å²) in [6.45, 7) is 5.23. The van der Waals surface area contributed by atoms with Gasteiger partial charge in [-0.25, -0.2) is 0 Å². The highest BCUT2D eigenvalue weighted by Crippen LogP contribution is 2.15. The molecular formula is C20H35NO. The molecule has 1 aromatic rings. The summed E-state index contributed by atoms with van der Waals surface area (Å²) in [5.41, 5.74) is 7.28. The van der Waals surface area contributed by atoms with Gasteiger partial charge in [0.05, 0.1) is 6.61 Å². The summed E-state index contributed by atoms with van der Waals surface area (Å²) in [4.78, 5) is 0. The molecule has 0 saturated heterocycles. The van der Waals surface area contributed by atoms with E-state index in [-0.39, 0.29) is 6.04 Å². The Balaban J connectivity index is 2.05. The van der Waals surface area contributed by atoms with Crippen molar-refractivity contribution in [2.24, 2.45) is 5.73 Å². The van der Waals surface area contributed by atoms with E-state index in [4.69, 9.17) is 10.5 Å². The Morgan fingerprint density at radius 3 is 2.05 bits per heavy atom. The first kappa shape index (κ1) is 19.0. The summed E-state index contributed by atoms with van der Waals surface area (Å²) in [5, 5.41) is 0. The minimum atomic E-state index is 0.268. The Hall–Kier alpha value is -1.02. The number of ether oxygens (including phenoxy) is 1. The van der Waals surface area contributed by atoms with Gasteiger partial charge in [-0.1, -0.05) is 70.9 Å². The predicted octanol–water partition coefficient (Wildman–Crippen LogP) is 5.49. The summed E-state index contributed by atoms with van der Waals surface area (Å²) in [7, 11) is 0. The van der Waals surface area contributed by atoms with Crippen LogP contribution in [0, 0.1) is 0 Å². The maximum Gasteiger partial charge on any atom is 0.119 e. The lowest BCUT2D eigenvalue weighted by molar-refractivity contribution is 0.304. The van der Waals surface area contributed by atoms with Gasteiger partial charge in [0.1, 0.15) is 5.75 Å². The number of hydrogen-bond donors (Lipinski definition) is 1. The van der Waals surface area contributed by atoms with E-state index in [1.165, 1.54) is 50.5 Å². The van der Waals surface area contributed by atoms with Gasteiger partial charge in [0, 0.05) is 6.04 Å². The average Bonchev–Trinajstić information content (AvgIpc) is 2.54. The highest BCUT2D eigenvalue weighted by Gasteiger charge is 2.01. The molecule has 0 radical (unpaired) electrons. The summed E-state index contributed by atoms with van der Waals surface area (Å²) < 4.78 is 5.81. The van der Waals surface area contributed by atoms with E-state index in [0.29, 0.717) is 0 Å². The third-order valence-corrected chi connectivity index (χ3v) is 4.21. The van der Waals surface area contributed by atoms with Crippen molar-refractivity contribution in [3.05, 3.63) is 29.8 Å². The fourth-order valence-electron chi connectivity index (χ4n) is 2.59. The van der Waals surface area contributed by atoms with Crippen molar-refractivity contribution < 1.29 is 4.74 Å². The number of rotatable bonds is 13. The molecule has 1 unspecified atom stereocenters. The van der Waals surface area contributed by atoms with Crippen LogP contribution in [0.3, 0.4) is 0 Å². The molecule has 0 aliphatic heterocycles. The van der Waals surface area contributed by atoms with Crippen LogP contribution in [0.4, 0.5) is 0 Å². The minimum Gasteiger partial charge on any atom is -0.494 e. The van der Waals surface area contributed by atoms with Gasteiger partial charge in [0.2, 0.25) is 0 Å². The molecule has 0 spiro atoms. The first-order valence-electron chi connectivity index (χ1n) is 9.23. The SMILES string of the molecule is CCCCCCCCCCOc1ccc(CC(N)CC)cc1. The highest BCUT2D eigenvalue weighted by molar-refractivity contribution is 5.27. The van der Waals surface area contributed by atoms with E-state index in [1.54, 1.807) is 0 Å². The van der Waals surface area contributed by atoms with Crippen LogP contribution in [-0.4, -0.2) is 12.6 Å². The Kier molecular flexibility index (Phi) is 10.8. The van der Waals surface area contributed by atoms with Crippen LogP contribution in [0.25, 0.3) is 0 Å². The molecule has 0 heterocycles. The first-order chi connectivity index (χ1) is 10.8. The van der Waals surface area contributed by atoms with Crippen LogP contribution < -0.4 is 10.5 Å². The molecule has 2 N–H and O–H groups in total. The van der Waals surface area contributed by atoms with Gasteiger partial charge in [0.25, 0.3) is 0 Å². The lowest BCUT2D eigenvalue weighted by Gasteiger charge is -2.10. The average molecular weight is 306 g/mol. The van der Waals surface area contributed by atoms with Gasteiger partial charge >= 0.3 is 0 Å². The molecule has 1 aromatic carbocycles. The van der Waals surface area contributed by atoms with Crippen molar-refractivity contribution in [1.82, 2.24) is 0 Å². The van der Waals surface area contributed by atoms with Gasteiger partial charge in [-0.2, -0.15) is 0 Å². The molecule has 1 rings (SSSR count).